The second kappa shape index (κ2) is 7.30. The van der Waals surface area contributed by atoms with Gasteiger partial charge in [-0.15, -0.1) is 0 Å². The van der Waals surface area contributed by atoms with Gasteiger partial charge in [-0.25, -0.2) is 0 Å². The first-order chi connectivity index (χ1) is 11.9. The molecule has 9 heteroatoms. The average molecular weight is 360 g/mol. The second-order valence-electron chi connectivity index (χ2n) is 8.00. The molecule has 9 nitrogen and oxygen atoms in total. The van der Waals surface area contributed by atoms with Crippen LogP contribution in [-0.2, 0) is 0 Å². The number of benzene rings is 1. The van der Waals surface area contributed by atoms with Crippen molar-refractivity contribution in [2.24, 2.45) is 0 Å². The van der Waals surface area contributed by atoms with Crippen molar-refractivity contribution in [1.29, 1.82) is 0 Å². The third-order valence-electron chi connectivity index (χ3n) is 2.93. The lowest BCUT2D eigenvalue weighted by Crippen LogP contribution is -2.30. The Bertz CT molecular complexity index is 717. The normalized spacial score (nSPS) is 11.8. The molecule has 1 aromatic carbocycles. The van der Waals surface area contributed by atoms with Gasteiger partial charge < -0.3 is 26.4 Å². The Kier molecular flexibility index (Phi) is 5.53. The fourth-order valence-electron chi connectivity index (χ4n) is 2.05. The van der Waals surface area contributed by atoms with Crippen molar-refractivity contribution in [3.8, 4) is 0 Å². The van der Waals surface area contributed by atoms with Gasteiger partial charge in [0.1, 0.15) is 0 Å². The molecule has 0 saturated carbocycles. The zero-order valence-electron chi connectivity index (χ0n) is 16.0. The molecular formula is C17H26N7O2-. The molecule has 0 saturated heterocycles. The molecule has 0 aliphatic carbocycles. The van der Waals surface area contributed by atoms with Crippen LogP contribution in [0.1, 0.15) is 41.5 Å². The molecule has 0 aliphatic heterocycles. The minimum absolute atomic E-state index is 0.102. The van der Waals surface area contributed by atoms with Gasteiger partial charge in [-0.3, -0.25) is 5.21 Å². The first-order valence-electron chi connectivity index (χ1n) is 8.27. The Hall–Kier alpha value is -2.65. The second-order valence-corrected chi connectivity index (χ2v) is 8.00. The maximum atomic E-state index is 11.1. The predicted molar refractivity (Wildman–Crippen MR) is 104 cm³/mol. The summed E-state index contributed by atoms with van der Waals surface area (Å²) in [5.41, 5.74) is 0.215. The largest absolute Gasteiger partial charge is 0.733 e. The Balaban J connectivity index is 2.35. The van der Waals surface area contributed by atoms with E-state index in [1.54, 1.807) is 12.1 Å². The zero-order chi connectivity index (χ0) is 19.5. The fraction of sp³-hybridized carbons (Fsp3) is 0.471. The quantitative estimate of drug-likeness (QED) is 0.591. The molecule has 0 bridgehead atoms. The van der Waals surface area contributed by atoms with E-state index in [9.17, 15) is 5.21 Å². The molecule has 1 aromatic heterocycles. The summed E-state index contributed by atoms with van der Waals surface area (Å²) in [7, 11) is 0. The van der Waals surface area contributed by atoms with Crippen molar-refractivity contribution < 1.29 is 5.21 Å². The Morgan fingerprint density at radius 1 is 0.885 bits per heavy atom. The summed E-state index contributed by atoms with van der Waals surface area (Å²) in [5.74, 6) is 1.15. The maximum Gasteiger partial charge on any atom is 0.233 e. The van der Waals surface area contributed by atoms with Crippen molar-refractivity contribution in [2.45, 2.75) is 52.6 Å². The van der Waals surface area contributed by atoms with E-state index in [2.05, 4.69) is 30.9 Å². The molecule has 0 unspecified atom stereocenters. The SMILES string of the molecule is CC(C)(C)Nc1nc(Nc2cccc(N([O-])O)c2)nc(NC(C)(C)C)n1. The number of nitrogens with zero attached hydrogens (tertiary/aromatic N) is 4. The maximum absolute atomic E-state index is 11.1. The van der Waals surface area contributed by atoms with Crippen LogP contribution in [0.5, 0.6) is 0 Å². The van der Waals surface area contributed by atoms with Crippen LogP contribution in [-0.4, -0.2) is 31.2 Å². The van der Waals surface area contributed by atoms with Crippen molar-refractivity contribution in [1.82, 2.24) is 15.0 Å². The summed E-state index contributed by atoms with van der Waals surface area (Å²) in [6, 6.07) is 6.36. The zero-order valence-corrected chi connectivity index (χ0v) is 16.0. The Labute approximate surface area is 153 Å². The molecule has 0 fully saturated rings. The van der Waals surface area contributed by atoms with Gasteiger partial charge in [-0.2, -0.15) is 15.0 Å². The minimum Gasteiger partial charge on any atom is -0.733 e. The molecule has 0 atom stereocenters. The van der Waals surface area contributed by atoms with E-state index in [1.807, 2.05) is 41.5 Å². The van der Waals surface area contributed by atoms with E-state index in [0.717, 1.165) is 0 Å². The molecule has 4 N–H and O–H groups in total. The first-order valence-corrected chi connectivity index (χ1v) is 8.27. The van der Waals surface area contributed by atoms with Crippen LogP contribution in [0.15, 0.2) is 24.3 Å². The van der Waals surface area contributed by atoms with Gasteiger partial charge in [-0.05, 0) is 59.7 Å². The monoisotopic (exact) mass is 360 g/mol. The number of hydrogen-bond donors (Lipinski definition) is 4. The number of rotatable bonds is 5. The third-order valence-corrected chi connectivity index (χ3v) is 2.93. The first kappa shape index (κ1) is 19.7. The van der Waals surface area contributed by atoms with Crippen molar-refractivity contribution in [3.05, 3.63) is 29.5 Å². The molecule has 0 amide bonds. The third kappa shape index (κ3) is 6.34. The molecular weight excluding hydrogens is 334 g/mol. The summed E-state index contributed by atoms with van der Waals surface area (Å²) in [6.45, 7) is 12.0. The summed E-state index contributed by atoms with van der Waals surface area (Å²) in [5, 5.41) is 29.4. The molecule has 142 valence electrons. The Morgan fingerprint density at radius 3 is 1.85 bits per heavy atom. The number of aromatic nitrogens is 3. The molecule has 0 spiro atoms. The van der Waals surface area contributed by atoms with Crippen LogP contribution in [0, 0.1) is 5.21 Å². The molecule has 2 rings (SSSR count). The smallest absolute Gasteiger partial charge is 0.233 e. The highest BCUT2D eigenvalue weighted by molar-refractivity contribution is 5.62. The van der Waals surface area contributed by atoms with Crippen molar-refractivity contribution in [2.75, 3.05) is 21.2 Å². The van der Waals surface area contributed by atoms with E-state index in [1.165, 1.54) is 12.1 Å². The highest BCUT2D eigenvalue weighted by Gasteiger charge is 2.17. The highest BCUT2D eigenvalue weighted by Crippen LogP contribution is 2.22. The van der Waals surface area contributed by atoms with Crippen LogP contribution in [0.4, 0.5) is 29.2 Å². The summed E-state index contributed by atoms with van der Waals surface area (Å²) in [4.78, 5) is 13.2. The average Bonchev–Trinajstić information content (AvgIpc) is 2.43. The molecule has 2 aromatic rings. The van der Waals surface area contributed by atoms with Crippen molar-refractivity contribution >= 4 is 29.2 Å². The van der Waals surface area contributed by atoms with E-state index >= 15 is 0 Å². The topological polar surface area (TPSA) is 121 Å². The molecule has 0 radical (unpaired) electrons. The predicted octanol–water partition coefficient (Wildman–Crippen LogP) is 3.73. The van der Waals surface area contributed by atoms with E-state index in [4.69, 9.17) is 5.21 Å². The standard InChI is InChI=1S/C17H26N7O2/c1-16(2,3)22-14-19-13(20-15(21-14)23-17(4,5)6)18-11-8-7-9-12(10-11)24(25)26/h7-10,25H,1-6H3,(H3,18,19,20,21,22,23)/q-1. The molecule has 1 heterocycles. The minimum atomic E-state index is -0.225. The number of hydrogen-bond acceptors (Lipinski definition) is 9. The van der Waals surface area contributed by atoms with Gasteiger partial charge >= 0.3 is 0 Å². The fourth-order valence-corrected chi connectivity index (χ4v) is 2.05. The van der Waals surface area contributed by atoms with Crippen LogP contribution >= 0.6 is 0 Å². The number of anilines is 5. The lowest BCUT2D eigenvalue weighted by Gasteiger charge is -2.24. The molecule has 0 aliphatic rings. The van der Waals surface area contributed by atoms with Crippen molar-refractivity contribution in [3.63, 3.8) is 0 Å². The number of nitrogens with one attached hydrogen (secondary N) is 3. The lowest BCUT2D eigenvalue weighted by atomic mass is 10.1. The van der Waals surface area contributed by atoms with Crippen LogP contribution < -0.4 is 21.2 Å². The Morgan fingerprint density at radius 2 is 1.38 bits per heavy atom. The molecule has 26 heavy (non-hydrogen) atoms. The summed E-state index contributed by atoms with van der Waals surface area (Å²) < 4.78 is 0. The van der Waals surface area contributed by atoms with Crippen LogP contribution in [0.25, 0.3) is 0 Å². The summed E-state index contributed by atoms with van der Waals surface area (Å²) >= 11 is 0. The van der Waals surface area contributed by atoms with Gasteiger partial charge in [-0.1, -0.05) is 6.07 Å². The van der Waals surface area contributed by atoms with Gasteiger partial charge in [0.15, 0.2) is 0 Å². The van der Waals surface area contributed by atoms with E-state index in [0.29, 0.717) is 23.5 Å². The van der Waals surface area contributed by atoms with E-state index in [-0.39, 0.29) is 22.0 Å². The van der Waals surface area contributed by atoms with Gasteiger partial charge in [0.25, 0.3) is 0 Å². The van der Waals surface area contributed by atoms with Gasteiger partial charge in [0.2, 0.25) is 17.8 Å². The van der Waals surface area contributed by atoms with Gasteiger partial charge in [0.05, 0.1) is 5.69 Å². The van der Waals surface area contributed by atoms with Gasteiger partial charge in [0, 0.05) is 16.8 Å². The highest BCUT2D eigenvalue weighted by atomic mass is 16.8. The van der Waals surface area contributed by atoms with E-state index < -0.39 is 0 Å². The van der Waals surface area contributed by atoms with Crippen LogP contribution in [0.2, 0.25) is 0 Å². The summed E-state index contributed by atoms with van der Waals surface area (Å²) in [6.07, 6.45) is 0. The van der Waals surface area contributed by atoms with Crippen LogP contribution in [0.3, 0.4) is 0 Å². The lowest BCUT2D eigenvalue weighted by molar-refractivity contribution is 0.296.